The van der Waals surface area contributed by atoms with Crippen LogP contribution in [0.15, 0.2) is 61.2 Å². The first kappa shape index (κ1) is 20.1. The van der Waals surface area contributed by atoms with Crippen molar-refractivity contribution in [3.05, 3.63) is 83.4 Å². The van der Waals surface area contributed by atoms with Crippen molar-refractivity contribution in [1.29, 1.82) is 0 Å². The van der Waals surface area contributed by atoms with E-state index in [9.17, 15) is 9.59 Å². The Balaban J connectivity index is 1.56. The molecule has 0 saturated carbocycles. The fraction of sp³-hybridized carbons (Fsp3) is 0.227. The van der Waals surface area contributed by atoms with Gasteiger partial charge in [-0.15, -0.1) is 0 Å². The minimum atomic E-state index is -0.315. The number of carbonyl (C=O) groups excluding carboxylic acids is 2. The molecule has 0 radical (unpaired) electrons. The third-order valence-corrected chi connectivity index (χ3v) is 4.54. The van der Waals surface area contributed by atoms with Gasteiger partial charge in [-0.25, -0.2) is 9.78 Å². The second-order valence-corrected chi connectivity index (χ2v) is 7.09. The van der Waals surface area contributed by atoms with Crippen LogP contribution in [-0.2, 0) is 13.1 Å². The number of urea groups is 1. The Bertz CT molecular complexity index is 979. The average molecular weight is 391 g/mol. The van der Waals surface area contributed by atoms with Gasteiger partial charge in [0.25, 0.3) is 5.91 Å². The predicted octanol–water partition coefficient (Wildman–Crippen LogP) is 3.26. The molecule has 1 heterocycles. The van der Waals surface area contributed by atoms with Crippen LogP contribution in [0.25, 0.3) is 0 Å². The van der Waals surface area contributed by atoms with E-state index in [4.69, 9.17) is 0 Å². The standard InChI is InChI=1S/C22H25N5O2/c1-16-4-9-19(21(28)26(2)3)12-20(16)25-22(29)24-13-17-5-7-18(8-6-17)14-27-11-10-23-15-27/h4-12,15H,13-14H2,1-3H3,(H2,24,25,29). The molecule has 0 spiro atoms. The van der Waals surface area contributed by atoms with E-state index in [-0.39, 0.29) is 11.9 Å². The van der Waals surface area contributed by atoms with E-state index in [1.54, 1.807) is 38.8 Å². The lowest BCUT2D eigenvalue weighted by molar-refractivity contribution is 0.0827. The van der Waals surface area contributed by atoms with Gasteiger partial charge in [0.15, 0.2) is 0 Å². The number of hydrogen-bond donors (Lipinski definition) is 2. The van der Waals surface area contributed by atoms with E-state index in [0.29, 0.717) is 17.8 Å². The second kappa shape index (κ2) is 9.05. The van der Waals surface area contributed by atoms with E-state index in [2.05, 4.69) is 15.6 Å². The maximum absolute atomic E-state index is 12.3. The number of aryl methyl sites for hydroxylation is 1. The van der Waals surface area contributed by atoms with Crippen molar-refractivity contribution in [1.82, 2.24) is 19.8 Å². The zero-order chi connectivity index (χ0) is 20.8. The van der Waals surface area contributed by atoms with Gasteiger partial charge < -0.3 is 20.1 Å². The molecule has 0 aliphatic rings. The number of anilines is 1. The Morgan fingerprint density at radius 2 is 1.79 bits per heavy atom. The van der Waals surface area contributed by atoms with Crippen molar-refractivity contribution >= 4 is 17.6 Å². The van der Waals surface area contributed by atoms with E-state index in [1.165, 1.54) is 4.90 Å². The largest absolute Gasteiger partial charge is 0.345 e. The SMILES string of the molecule is Cc1ccc(C(=O)N(C)C)cc1NC(=O)NCc1ccc(Cn2ccnc2)cc1. The lowest BCUT2D eigenvalue weighted by Crippen LogP contribution is -2.29. The molecular formula is C22H25N5O2. The van der Waals surface area contributed by atoms with Crippen LogP contribution in [0, 0.1) is 6.92 Å². The topological polar surface area (TPSA) is 79.3 Å². The number of aromatic nitrogens is 2. The Morgan fingerprint density at radius 3 is 2.45 bits per heavy atom. The summed E-state index contributed by atoms with van der Waals surface area (Å²) < 4.78 is 2.00. The van der Waals surface area contributed by atoms with Crippen LogP contribution in [0.5, 0.6) is 0 Å². The summed E-state index contributed by atoms with van der Waals surface area (Å²) in [5.41, 5.74) is 4.20. The highest BCUT2D eigenvalue weighted by molar-refractivity contribution is 5.97. The summed E-state index contributed by atoms with van der Waals surface area (Å²) in [4.78, 5) is 30.0. The van der Waals surface area contributed by atoms with Crippen LogP contribution in [0.3, 0.4) is 0 Å². The molecule has 3 amide bonds. The Labute approximate surface area is 170 Å². The molecule has 3 rings (SSSR count). The zero-order valence-electron chi connectivity index (χ0n) is 16.8. The maximum atomic E-state index is 12.3. The number of nitrogens with zero attached hydrogens (tertiary/aromatic N) is 3. The summed E-state index contributed by atoms with van der Waals surface area (Å²) >= 11 is 0. The van der Waals surface area contributed by atoms with E-state index in [0.717, 1.165) is 23.2 Å². The first-order valence-corrected chi connectivity index (χ1v) is 9.33. The van der Waals surface area contributed by atoms with Gasteiger partial charge in [0.05, 0.1) is 6.33 Å². The lowest BCUT2D eigenvalue weighted by atomic mass is 10.1. The van der Waals surface area contributed by atoms with Crippen molar-refractivity contribution in [2.45, 2.75) is 20.0 Å². The predicted molar refractivity (Wildman–Crippen MR) is 113 cm³/mol. The molecule has 0 bridgehead atoms. The molecular weight excluding hydrogens is 366 g/mol. The number of hydrogen-bond acceptors (Lipinski definition) is 3. The third-order valence-electron chi connectivity index (χ3n) is 4.54. The highest BCUT2D eigenvalue weighted by Gasteiger charge is 2.11. The van der Waals surface area contributed by atoms with Crippen molar-refractivity contribution in [3.63, 3.8) is 0 Å². The molecule has 0 unspecified atom stereocenters. The summed E-state index contributed by atoms with van der Waals surface area (Å²) in [5, 5.41) is 5.68. The molecule has 2 aromatic carbocycles. The molecule has 0 aliphatic heterocycles. The summed E-state index contributed by atoms with van der Waals surface area (Å²) in [6.07, 6.45) is 5.45. The van der Waals surface area contributed by atoms with Gasteiger partial charge in [-0.3, -0.25) is 4.79 Å². The van der Waals surface area contributed by atoms with E-state index < -0.39 is 0 Å². The molecule has 7 nitrogen and oxygen atoms in total. The van der Waals surface area contributed by atoms with Crippen LogP contribution >= 0.6 is 0 Å². The third kappa shape index (κ3) is 5.44. The zero-order valence-corrected chi connectivity index (χ0v) is 16.8. The molecule has 0 aliphatic carbocycles. The maximum Gasteiger partial charge on any atom is 0.319 e. The van der Waals surface area contributed by atoms with E-state index in [1.807, 2.05) is 48.0 Å². The number of benzene rings is 2. The van der Waals surface area contributed by atoms with Gasteiger partial charge in [0, 0.05) is 50.8 Å². The summed E-state index contributed by atoms with van der Waals surface area (Å²) in [6.45, 7) is 3.06. The summed E-state index contributed by atoms with van der Waals surface area (Å²) in [6, 6.07) is 13.0. The van der Waals surface area contributed by atoms with E-state index >= 15 is 0 Å². The average Bonchev–Trinajstić information content (AvgIpc) is 3.21. The minimum Gasteiger partial charge on any atom is -0.345 e. The Morgan fingerprint density at radius 1 is 1.07 bits per heavy atom. The molecule has 0 saturated heterocycles. The van der Waals surface area contributed by atoms with Crippen LogP contribution in [0.1, 0.15) is 27.0 Å². The number of rotatable bonds is 6. The molecule has 1 aromatic heterocycles. The van der Waals surface area contributed by atoms with Crippen LogP contribution in [0.4, 0.5) is 10.5 Å². The molecule has 29 heavy (non-hydrogen) atoms. The van der Waals surface area contributed by atoms with Gasteiger partial charge in [0.1, 0.15) is 0 Å². The Hall–Kier alpha value is -3.61. The number of amides is 3. The minimum absolute atomic E-state index is 0.107. The van der Waals surface area contributed by atoms with Crippen molar-refractivity contribution in [2.24, 2.45) is 0 Å². The molecule has 150 valence electrons. The molecule has 2 N–H and O–H groups in total. The van der Waals surface area contributed by atoms with Gasteiger partial charge >= 0.3 is 6.03 Å². The monoisotopic (exact) mass is 391 g/mol. The summed E-state index contributed by atoms with van der Waals surface area (Å²) in [5.74, 6) is -0.107. The smallest absolute Gasteiger partial charge is 0.319 e. The lowest BCUT2D eigenvalue weighted by Gasteiger charge is -2.14. The van der Waals surface area contributed by atoms with Crippen LogP contribution in [-0.4, -0.2) is 40.5 Å². The second-order valence-electron chi connectivity index (χ2n) is 7.09. The van der Waals surface area contributed by atoms with Crippen molar-refractivity contribution in [3.8, 4) is 0 Å². The molecule has 7 heteroatoms. The van der Waals surface area contributed by atoms with Crippen LogP contribution < -0.4 is 10.6 Å². The first-order valence-electron chi connectivity index (χ1n) is 9.33. The number of imidazole rings is 1. The normalized spacial score (nSPS) is 10.4. The molecule has 0 fully saturated rings. The molecule has 3 aromatic rings. The number of carbonyl (C=O) groups is 2. The fourth-order valence-electron chi connectivity index (χ4n) is 2.85. The highest BCUT2D eigenvalue weighted by Crippen LogP contribution is 2.18. The number of nitrogens with one attached hydrogen (secondary N) is 2. The summed E-state index contributed by atoms with van der Waals surface area (Å²) in [7, 11) is 3.39. The quantitative estimate of drug-likeness (QED) is 0.677. The fourth-order valence-corrected chi connectivity index (χ4v) is 2.85. The van der Waals surface area contributed by atoms with Crippen molar-refractivity contribution in [2.75, 3.05) is 19.4 Å². The molecule has 0 atom stereocenters. The van der Waals surface area contributed by atoms with Crippen molar-refractivity contribution < 1.29 is 9.59 Å². The van der Waals surface area contributed by atoms with Gasteiger partial charge in [-0.2, -0.15) is 0 Å². The highest BCUT2D eigenvalue weighted by atomic mass is 16.2. The van der Waals surface area contributed by atoms with Gasteiger partial charge in [0.2, 0.25) is 0 Å². The van der Waals surface area contributed by atoms with Gasteiger partial charge in [-0.1, -0.05) is 30.3 Å². The van der Waals surface area contributed by atoms with Crippen LogP contribution in [0.2, 0.25) is 0 Å². The Kier molecular flexibility index (Phi) is 6.29. The van der Waals surface area contributed by atoms with Gasteiger partial charge in [-0.05, 0) is 35.7 Å². The first-order chi connectivity index (χ1) is 13.9.